The molecule has 1 rings (SSSR count). The van der Waals surface area contributed by atoms with Crippen LogP contribution in [-0.4, -0.2) is 41.8 Å². The number of hydrogen-bond acceptors (Lipinski definition) is 3. The quantitative estimate of drug-likeness (QED) is 0.803. The molecule has 6 heteroatoms. The number of benzene rings is 1. The zero-order valence-electron chi connectivity index (χ0n) is 14.2. The standard InChI is InChI=1S/C17H25N3O3/c1-5-17(23)20(12(2)3)11-16(22)18-10-15(21)19-14-8-6-13(4)7-9-14/h6-9,12H,5,10-11H2,1-4H3,(H,18,22)(H,19,21). The Morgan fingerprint density at radius 3 is 2.22 bits per heavy atom. The summed E-state index contributed by atoms with van der Waals surface area (Å²) < 4.78 is 0. The minimum Gasteiger partial charge on any atom is -0.345 e. The van der Waals surface area contributed by atoms with Gasteiger partial charge in [0.2, 0.25) is 17.7 Å². The van der Waals surface area contributed by atoms with Crippen LogP contribution in [0.2, 0.25) is 0 Å². The second kappa shape index (κ2) is 8.92. The second-order valence-corrected chi connectivity index (χ2v) is 5.66. The van der Waals surface area contributed by atoms with Gasteiger partial charge in [-0.25, -0.2) is 0 Å². The van der Waals surface area contributed by atoms with Crippen molar-refractivity contribution in [1.82, 2.24) is 10.2 Å². The first-order chi connectivity index (χ1) is 10.8. The second-order valence-electron chi connectivity index (χ2n) is 5.66. The first-order valence-electron chi connectivity index (χ1n) is 7.76. The van der Waals surface area contributed by atoms with E-state index in [-0.39, 0.29) is 36.9 Å². The molecular formula is C17H25N3O3. The van der Waals surface area contributed by atoms with E-state index in [1.807, 2.05) is 32.9 Å². The minimum absolute atomic E-state index is 0.0395. The van der Waals surface area contributed by atoms with Crippen LogP contribution in [0.25, 0.3) is 0 Å². The van der Waals surface area contributed by atoms with Crippen molar-refractivity contribution >= 4 is 23.4 Å². The lowest BCUT2D eigenvalue weighted by molar-refractivity contribution is -0.137. The molecule has 0 heterocycles. The van der Waals surface area contributed by atoms with Gasteiger partial charge in [0, 0.05) is 18.2 Å². The molecule has 126 valence electrons. The van der Waals surface area contributed by atoms with Crippen LogP contribution >= 0.6 is 0 Å². The highest BCUT2D eigenvalue weighted by Crippen LogP contribution is 2.08. The fraction of sp³-hybridized carbons (Fsp3) is 0.471. The zero-order valence-corrected chi connectivity index (χ0v) is 14.2. The molecule has 0 aliphatic rings. The maximum absolute atomic E-state index is 11.9. The topological polar surface area (TPSA) is 78.5 Å². The van der Waals surface area contributed by atoms with Crippen LogP contribution in [0.15, 0.2) is 24.3 Å². The molecule has 2 N–H and O–H groups in total. The number of anilines is 1. The van der Waals surface area contributed by atoms with Crippen molar-refractivity contribution in [3.05, 3.63) is 29.8 Å². The van der Waals surface area contributed by atoms with Crippen LogP contribution in [0.5, 0.6) is 0 Å². The smallest absolute Gasteiger partial charge is 0.243 e. The lowest BCUT2D eigenvalue weighted by atomic mass is 10.2. The van der Waals surface area contributed by atoms with Crippen molar-refractivity contribution in [1.29, 1.82) is 0 Å². The van der Waals surface area contributed by atoms with Crippen molar-refractivity contribution in [3.63, 3.8) is 0 Å². The number of carbonyl (C=O) groups excluding carboxylic acids is 3. The highest BCUT2D eigenvalue weighted by Gasteiger charge is 2.18. The van der Waals surface area contributed by atoms with E-state index in [9.17, 15) is 14.4 Å². The molecular weight excluding hydrogens is 294 g/mol. The van der Waals surface area contributed by atoms with E-state index in [4.69, 9.17) is 0 Å². The summed E-state index contributed by atoms with van der Waals surface area (Å²) in [5.41, 5.74) is 1.78. The number of nitrogens with zero attached hydrogens (tertiary/aromatic N) is 1. The number of rotatable bonds is 7. The molecule has 1 aromatic rings. The van der Waals surface area contributed by atoms with Crippen molar-refractivity contribution < 1.29 is 14.4 Å². The van der Waals surface area contributed by atoms with Crippen LogP contribution in [0, 0.1) is 6.92 Å². The maximum Gasteiger partial charge on any atom is 0.243 e. The number of aryl methyl sites for hydroxylation is 1. The summed E-state index contributed by atoms with van der Waals surface area (Å²) in [4.78, 5) is 37.0. The summed E-state index contributed by atoms with van der Waals surface area (Å²) >= 11 is 0. The van der Waals surface area contributed by atoms with Gasteiger partial charge in [0.05, 0.1) is 13.1 Å². The van der Waals surface area contributed by atoms with Crippen LogP contribution in [0.4, 0.5) is 5.69 Å². The number of carbonyl (C=O) groups is 3. The van der Waals surface area contributed by atoms with Gasteiger partial charge in [-0.15, -0.1) is 0 Å². The van der Waals surface area contributed by atoms with E-state index in [1.54, 1.807) is 19.1 Å². The van der Waals surface area contributed by atoms with Crippen molar-refractivity contribution in [3.8, 4) is 0 Å². The van der Waals surface area contributed by atoms with Gasteiger partial charge in [-0.3, -0.25) is 14.4 Å². The number of nitrogens with one attached hydrogen (secondary N) is 2. The molecule has 0 radical (unpaired) electrons. The third-order valence-electron chi connectivity index (χ3n) is 3.34. The summed E-state index contributed by atoms with van der Waals surface area (Å²) in [7, 11) is 0. The van der Waals surface area contributed by atoms with E-state index >= 15 is 0 Å². The summed E-state index contributed by atoms with van der Waals surface area (Å²) in [5, 5.41) is 5.23. The molecule has 0 aliphatic carbocycles. The van der Waals surface area contributed by atoms with E-state index in [2.05, 4.69) is 10.6 Å². The van der Waals surface area contributed by atoms with E-state index in [1.165, 1.54) is 4.90 Å². The Kier molecular flexibility index (Phi) is 7.25. The minimum atomic E-state index is -0.348. The molecule has 0 saturated carbocycles. The van der Waals surface area contributed by atoms with Gasteiger partial charge in [0.25, 0.3) is 0 Å². The first kappa shape index (κ1) is 18.7. The van der Waals surface area contributed by atoms with Crippen LogP contribution in [-0.2, 0) is 14.4 Å². The monoisotopic (exact) mass is 319 g/mol. The summed E-state index contributed by atoms with van der Waals surface area (Å²) in [6.45, 7) is 7.26. The Labute approximate surface area is 137 Å². The Bertz CT molecular complexity index is 553. The molecule has 0 bridgehead atoms. The Morgan fingerprint density at radius 2 is 1.70 bits per heavy atom. The molecule has 0 aromatic heterocycles. The molecule has 0 atom stereocenters. The Hall–Kier alpha value is -2.37. The lowest BCUT2D eigenvalue weighted by Crippen LogP contribution is -2.45. The third kappa shape index (κ3) is 6.50. The highest BCUT2D eigenvalue weighted by molar-refractivity contribution is 5.95. The average Bonchev–Trinajstić information content (AvgIpc) is 2.51. The molecule has 3 amide bonds. The average molecular weight is 319 g/mol. The van der Waals surface area contributed by atoms with Gasteiger partial charge >= 0.3 is 0 Å². The summed E-state index contributed by atoms with van der Waals surface area (Å²) in [6, 6.07) is 7.33. The summed E-state index contributed by atoms with van der Waals surface area (Å²) in [5.74, 6) is -0.737. The maximum atomic E-state index is 11.9. The predicted molar refractivity (Wildman–Crippen MR) is 90.0 cm³/mol. The molecule has 23 heavy (non-hydrogen) atoms. The van der Waals surface area contributed by atoms with Gasteiger partial charge in [-0.05, 0) is 32.9 Å². The van der Waals surface area contributed by atoms with Gasteiger partial charge in [-0.2, -0.15) is 0 Å². The predicted octanol–water partition coefficient (Wildman–Crippen LogP) is 1.70. The van der Waals surface area contributed by atoms with Crippen LogP contribution < -0.4 is 10.6 Å². The van der Waals surface area contributed by atoms with Crippen molar-refractivity contribution in [2.45, 2.75) is 40.2 Å². The van der Waals surface area contributed by atoms with Crippen molar-refractivity contribution in [2.24, 2.45) is 0 Å². The first-order valence-corrected chi connectivity index (χ1v) is 7.76. The van der Waals surface area contributed by atoms with Gasteiger partial charge in [0.1, 0.15) is 0 Å². The van der Waals surface area contributed by atoms with Crippen molar-refractivity contribution in [2.75, 3.05) is 18.4 Å². The fourth-order valence-corrected chi connectivity index (χ4v) is 1.99. The largest absolute Gasteiger partial charge is 0.345 e. The highest BCUT2D eigenvalue weighted by atomic mass is 16.2. The van der Waals surface area contributed by atoms with Gasteiger partial charge in [-0.1, -0.05) is 24.6 Å². The van der Waals surface area contributed by atoms with Crippen LogP contribution in [0.3, 0.4) is 0 Å². The number of amides is 3. The SMILES string of the molecule is CCC(=O)N(CC(=O)NCC(=O)Nc1ccc(C)cc1)C(C)C. The summed E-state index contributed by atoms with van der Waals surface area (Å²) in [6.07, 6.45) is 0.347. The van der Waals surface area contributed by atoms with Crippen LogP contribution in [0.1, 0.15) is 32.8 Å². The Morgan fingerprint density at radius 1 is 1.09 bits per heavy atom. The van der Waals surface area contributed by atoms with E-state index in [0.29, 0.717) is 12.1 Å². The van der Waals surface area contributed by atoms with E-state index in [0.717, 1.165) is 5.56 Å². The molecule has 0 saturated heterocycles. The molecule has 0 spiro atoms. The molecule has 1 aromatic carbocycles. The molecule has 6 nitrogen and oxygen atoms in total. The Balaban J connectivity index is 2.44. The zero-order chi connectivity index (χ0) is 17.4. The molecule has 0 fully saturated rings. The lowest BCUT2D eigenvalue weighted by Gasteiger charge is -2.25. The van der Waals surface area contributed by atoms with Gasteiger partial charge < -0.3 is 15.5 Å². The van der Waals surface area contributed by atoms with E-state index < -0.39 is 0 Å². The molecule has 0 aliphatic heterocycles. The fourth-order valence-electron chi connectivity index (χ4n) is 1.99. The number of hydrogen-bond donors (Lipinski definition) is 2. The normalized spacial score (nSPS) is 10.3. The molecule has 0 unspecified atom stereocenters. The third-order valence-corrected chi connectivity index (χ3v) is 3.34. The van der Waals surface area contributed by atoms with Gasteiger partial charge in [0.15, 0.2) is 0 Å².